The highest BCUT2D eigenvalue weighted by Gasteiger charge is 2.15. The molecule has 0 aliphatic rings. The second-order valence-electron chi connectivity index (χ2n) is 4.75. The first kappa shape index (κ1) is 12.1. The zero-order chi connectivity index (χ0) is 12.3. The Morgan fingerprint density at radius 3 is 2.47 bits per heavy atom. The van der Waals surface area contributed by atoms with E-state index in [0.29, 0.717) is 0 Å². The second kappa shape index (κ2) is 5.33. The lowest BCUT2D eigenvalue weighted by Gasteiger charge is -2.19. The van der Waals surface area contributed by atoms with Gasteiger partial charge in [0, 0.05) is 5.92 Å². The van der Waals surface area contributed by atoms with Gasteiger partial charge in [-0.15, -0.1) is 0 Å². The van der Waals surface area contributed by atoms with Crippen molar-refractivity contribution >= 4 is 10.8 Å². The highest BCUT2D eigenvalue weighted by atomic mass is 16.3. The Morgan fingerprint density at radius 2 is 1.76 bits per heavy atom. The molecule has 0 aliphatic carbocycles. The van der Waals surface area contributed by atoms with E-state index in [1.807, 2.05) is 0 Å². The molecule has 90 valence electrons. The van der Waals surface area contributed by atoms with Gasteiger partial charge in [0.2, 0.25) is 0 Å². The van der Waals surface area contributed by atoms with E-state index in [-0.39, 0.29) is 12.0 Å². The molecule has 1 N–H and O–H groups in total. The molecule has 0 aromatic heterocycles. The Bertz CT molecular complexity index is 490. The van der Waals surface area contributed by atoms with Crippen molar-refractivity contribution in [3.8, 4) is 0 Å². The van der Waals surface area contributed by atoms with E-state index in [1.165, 1.54) is 16.3 Å². The van der Waals surface area contributed by atoms with Crippen LogP contribution in [0.5, 0.6) is 0 Å². The highest BCUT2D eigenvalue weighted by Crippen LogP contribution is 2.25. The average molecular weight is 228 g/mol. The third kappa shape index (κ3) is 2.67. The van der Waals surface area contributed by atoms with E-state index >= 15 is 0 Å². The number of hydrogen-bond acceptors (Lipinski definition) is 1. The summed E-state index contributed by atoms with van der Waals surface area (Å²) in [6.07, 6.45) is 1.66. The molecule has 17 heavy (non-hydrogen) atoms. The Morgan fingerprint density at radius 1 is 1.06 bits per heavy atom. The Hall–Kier alpha value is -1.34. The molecule has 2 aromatic rings. The van der Waals surface area contributed by atoms with Crippen LogP contribution in [0.4, 0.5) is 0 Å². The van der Waals surface area contributed by atoms with Crippen LogP contribution in [0.15, 0.2) is 42.5 Å². The molecule has 0 aliphatic heterocycles. The van der Waals surface area contributed by atoms with E-state index < -0.39 is 0 Å². The van der Waals surface area contributed by atoms with Crippen molar-refractivity contribution in [3.05, 3.63) is 48.0 Å². The van der Waals surface area contributed by atoms with Crippen LogP contribution in [0.1, 0.15) is 38.2 Å². The van der Waals surface area contributed by atoms with Crippen LogP contribution in [0, 0.1) is 0 Å². The van der Waals surface area contributed by atoms with Crippen LogP contribution in [-0.2, 0) is 0 Å². The van der Waals surface area contributed by atoms with Gasteiger partial charge in [0.25, 0.3) is 0 Å². The Labute approximate surface area is 103 Å². The molecule has 0 saturated heterocycles. The number of fused-ring (bicyclic) bond motifs is 1. The molecule has 2 rings (SSSR count). The third-order valence-corrected chi connectivity index (χ3v) is 3.46. The lowest BCUT2D eigenvalue weighted by Crippen LogP contribution is -2.15. The molecular weight excluding hydrogens is 208 g/mol. The zero-order valence-corrected chi connectivity index (χ0v) is 10.6. The summed E-state index contributed by atoms with van der Waals surface area (Å²) in [5.41, 5.74) is 1.23. The molecule has 0 amide bonds. The van der Waals surface area contributed by atoms with E-state index in [1.54, 1.807) is 0 Å². The molecule has 0 radical (unpaired) electrons. The van der Waals surface area contributed by atoms with E-state index in [2.05, 4.69) is 56.3 Å². The number of aliphatic hydroxyl groups excluding tert-OH is 1. The van der Waals surface area contributed by atoms with Crippen molar-refractivity contribution in [1.82, 2.24) is 0 Å². The molecule has 0 spiro atoms. The smallest absolute Gasteiger partial charge is 0.0606 e. The summed E-state index contributed by atoms with van der Waals surface area (Å²) in [6, 6.07) is 14.8. The standard InChI is InChI=1S/C16H20O/c1-3-6-16(17)12(2)14-10-9-13-7-4-5-8-15(13)11-14/h4-5,7-12,16-17H,3,6H2,1-2H3. The van der Waals surface area contributed by atoms with Crippen molar-refractivity contribution in [2.24, 2.45) is 0 Å². The Balaban J connectivity index is 2.29. The van der Waals surface area contributed by atoms with Crippen molar-refractivity contribution in [2.45, 2.75) is 38.7 Å². The summed E-state index contributed by atoms with van der Waals surface area (Å²) in [6.45, 7) is 4.21. The number of benzene rings is 2. The summed E-state index contributed by atoms with van der Waals surface area (Å²) in [7, 11) is 0. The number of aliphatic hydroxyl groups is 1. The van der Waals surface area contributed by atoms with Gasteiger partial charge < -0.3 is 5.11 Å². The fourth-order valence-electron chi connectivity index (χ4n) is 2.26. The van der Waals surface area contributed by atoms with Gasteiger partial charge in [-0.1, -0.05) is 62.7 Å². The van der Waals surface area contributed by atoms with Gasteiger partial charge in [-0.05, 0) is 22.8 Å². The van der Waals surface area contributed by atoms with Gasteiger partial charge >= 0.3 is 0 Å². The molecule has 2 unspecified atom stereocenters. The summed E-state index contributed by atoms with van der Waals surface area (Å²) in [4.78, 5) is 0. The van der Waals surface area contributed by atoms with Crippen LogP contribution < -0.4 is 0 Å². The molecule has 0 fully saturated rings. The third-order valence-electron chi connectivity index (χ3n) is 3.46. The first-order valence-corrected chi connectivity index (χ1v) is 6.39. The Kier molecular flexibility index (Phi) is 3.80. The summed E-state index contributed by atoms with van der Waals surface area (Å²) < 4.78 is 0. The van der Waals surface area contributed by atoms with Crippen LogP contribution in [0.25, 0.3) is 10.8 Å². The van der Waals surface area contributed by atoms with Crippen molar-refractivity contribution < 1.29 is 5.11 Å². The maximum Gasteiger partial charge on any atom is 0.0606 e. The van der Waals surface area contributed by atoms with Gasteiger partial charge in [0.1, 0.15) is 0 Å². The molecule has 0 bridgehead atoms. The zero-order valence-electron chi connectivity index (χ0n) is 10.6. The molecule has 0 heterocycles. The lowest BCUT2D eigenvalue weighted by molar-refractivity contribution is 0.139. The van der Waals surface area contributed by atoms with Crippen molar-refractivity contribution in [3.63, 3.8) is 0 Å². The second-order valence-corrected chi connectivity index (χ2v) is 4.75. The largest absolute Gasteiger partial charge is 0.393 e. The predicted molar refractivity (Wildman–Crippen MR) is 73.3 cm³/mol. The highest BCUT2D eigenvalue weighted by molar-refractivity contribution is 5.83. The minimum atomic E-state index is -0.235. The normalized spacial score (nSPS) is 14.8. The van der Waals surface area contributed by atoms with Gasteiger partial charge in [0.15, 0.2) is 0 Å². The van der Waals surface area contributed by atoms with Crippen LogP contribution in [0.2, 0.25) is 0 Å². The maximum atomic E-state index is 10.0. The van der Waals surface area contributed by atoms with E-state index in [9.17, 15) is 5.11 Å². The molecule has 2 aromatic carbocycles. The summed E-state index contributed by atoms with van der Waals surface area (Å²) >= 11 is 0. The van der Waals surface area contributed by atoms with Gasteiger partial charge in [-0.2, -0.15) is 0 Å². The molecule has 1 nitrogen and oxygen atoms in total. The van der Waals surface area contributed by atoms with Crippen molar-refractivity contribution in [2.75, 3.05) is 0 Å². The van der Waals surface area contributed by atoms with Gasteiger partial charge in [0.05, 0.1) is 6.10 Å². The quantitative estimate of drug-likeness (QED) is 0.835. The fourth-order valence-corrected chi connectivity index (χ4v) is 2.26. The minimum absolute atomic E-state index is 0.208. The van der Waals surface area contributed by atoms with Gasteiger partial charge in [-0.3, -0.25) is 0 Å². The average Bonchev–Trinajstić information content (AvgIpc) is 2.37. The van der Waals surface area contributed by atoms with Crippen LogP contribution in [0.3, 0.4) is 0 Å². The summed E-state index contributed by atoms with van der Waals surface area (Å²) in [5.74, 6) is 0.208. The number of rotatable bonds is 4. The fraction of sp³-hybridized carbons (Fsp3) is 0.375. The first-order chi connectivity index (χ1) is 8.22. The SMILES string of the molecule is CCCC(O)C(C)c1ccc2ccccc2c1. The van der Waals surface area contributed by atoms with Crippen LogP contribution in [-0.4, -0.2) is 11.2 Å². The first-order valence-electron chi connectivity index (χ1n) is 6.39. The van der Waals surface area contributed by atoms with E-state index in [4.69, 9.17) is 0 Å². The number of hydrogen-bond donors (Lipinski definition) is 1. The van der Waals surface area contributed by atoms with E-state index in [0.717, 1.165) is 12.8 Å². The molecule has 0 saturated carbocycles. The molecular formula is C16H20O. The topological polar surface area (TPSA) is 20.2 Å². The van der Waals surface area contributed by atoms with Crippen molar-refractivity contribution in [1.29, 1.82) is 0 Å². The maximum absolute atomic E-state index is 10.0. The lowest BCUT2D eigenvalue weighted by atomic mass is 9.91. The molecule has 2 atom stereocenters. The summed E-state index contributed by atoms with van der Waals surface area (Å²) in [5, 5.41) is 12.6. The molecule has 1 heteroatoms. The van der Waals surface area contributed by atoms with Crippen LogP contribution >= 0.6 is 0 Å². The minimum Gasteiger partial charge on any atom is -0.393 e. The predicted octanol–water partition coefficient (Wildman–Crippen LogP) is 4.10. The monoisotopic (exact) mass is 228 g/mol. The van der Waals surface area contributed by atoms with Gasteiger partial charge in [-0.25, -0.2) is 0 Å².